The first kappa shape index (κ1) is 11.0. The topological polar surface area (TPSA) is 45.1 Å². The highest BCUT2D eigenvalue weighted by molar-refractivity contribution is 7.09. The van der Waals surface area contributed by atoms with Gasteiger partial charge in [-0.05, 0) is 32.9 Å². The Morgan fingerprint density at radius 1 is 1.53 bits per heavy atom. The lowest BCUT2D eigenvalue weighted by molar-refractivity contribution is 0.0892. The van der Waals surface area contributed by atoms with E-state index in [1.165, 1.54) is 5.01 Å². The fourth-order valence-electron chi connectivity index (χ4n) is 2.15. The maximum Gasteiger partial charge on any atom is 0.0934 e. The normalized spacial score (nSPS) is 20.4. The smallest absolute Gasteiger partial charge is 0.0934 e. The first-order chi connectivity index (χ1) is 7.24. The van der Waals surface area contributed by atoms with Crippen molar-refractivity contribution in [1.29, 1.82) is 0 Å². The minimum Gasteiger partial charge on any atom is -0.396 e. The summed E-state index contributed by atoms with van der Waals surface area (Å²) in [7, 11) is 0. The van der Waals surface area contributed by atoms with Gasteiger partial charge in [-0.2, -0.15) is 0 Å². The van der Waals surface area contributed by atoms with E-state index in [0.717, 1.165) is 38.0 Å². The quantitative estimate of drug-likeness (QED) is 0.818. The zero-order valence-electron chi connectivity index (χ0n) is 9.12. The van der Waals surface area contributed by atoms with Crippen LogP contribution in [0.2, 0.25) is 0 Å². The summed E-state index contributed by atoms with van der Waals surface area (Å²) in [5.41, 5.74) is 1.17. The number of aromatic nitrogens is 1. The second kappa shape index (κ2) is 4.60. The van der Waals surface area contributed by atoms with E-state index in [4.69, 9.17) is 0 Å². The van der Waals surface area contributed by atoms with Crippen LogP contribution in [0, 0.1) is 12.3 Å². The van der Waals surface area contributed by atoms with Crippen LogP contribution in [0.3, 0.4) is 0 Å². The minimum absolute atomic E-state index is 0.0789. The summed E-state index contributed by atoms with van der Waals surface area (Å²) in [6.45, 7) is 4.34. The molecule has 1 aromatic rings. The molecule has 2 heterocycles. The zero-order valence-corrected chi connectivity index (χ0v) is 9.94. The number of aliphatic hydroxyl groups is 1. The fourth-order valence-corrected chi connectivity index (χ4v) is 3.10. The van der Waals surface area contributed by atoms with Crippen molar-refractivity contribution in [3.63, 3.8) is 0 Å². The van der Waals surface area contributed by atoms with Gasteiger partial charge in [0.1, 0.15) is 0 Å². The summed E-state index contributed by atoms with van der Waals surface area (Å²) in [4.78, 5) is 4.48. The highest BCUT2D eigenvalue weighted by Gasteiger charge is 2.32. The molecule has 1 saturated heterocycles. The number of piperidine rings is 1. The van der Waals surface area contributed by atoms with Gasteiger partial charge in [0.2, 0.25) is 0 Å². The molecule has 2 rings (SSSR count). The molecule has 0 atom stereocenters. The Hall–Kier alpha value is -0.450. The minimum atomic E-state index is 0.0789. The van der Waals surface area contributed by atoms with Crippen molar-refractivity contribution in [2.45, 2.75) is 26.2 Å². The molecule has 1 fully saturated rings. The second-order valence-electron chi connectivity index (χ2n) is 4.47. The van der Waals surface area contributed by atoms with Crippen molar-refractivity contribution in [3.8, 4) is 0 Å². The molecule has 1 aliphatic heterocycles. The molecule has 0 saturated carbocycles. The number of hydrogen-bond donors (Lipinski definition) is 2. The molecule has 2 N–H and O–H groups in total. The van der Waals surface area contributed by atoms with Gasteiger partial charge in [-0.25, -0.2) is 4.98 Å². The molecule has 0 aliphatic carbocycles. The summed E-state index contributed by atoms with van der Waals surface area (Å²) in [6, 6.07) is 0. The Kier molecular flexibility index (Phi) is 3.38. The zero-order chi connectivity index (χ0) is 10.7. The van der Waals surface area contributed by atoms with Gasteiger partial charge in [-0.3, -0.25) is 0 Å². The second-order valence-corrected chi connectivity index (χ2v) is 5.41. The maximum atomic E-state index is 9.56. The number of rotatable bonds is 3. The van der Waals surface area contributed by atoms with Crippen LogP contribution >= 0.6 is 11.3 Å². The van der Waals surface area contributed by atoms with Crippen LogP contribution in [0.4, 0.5) is 0 Å². The van der Waals surface area contributed by atoms with Crippen LogP contribution in [0.25, 0.3) is 0 Å². The largest absolute Gasteiger partial charge is 0.396 e. The molecule has 0 radical (unpaired) electrons. The number of hydrogen-bond acceptors (Lipinski definition) is 4. The number of nitrogens with one attached hydrogen (secondary N) is 1. The third-order valence-electron chi connectivity index (χ3n) is 3.19. The average Bonchev–Trinajstić information content (AvgIpc) is 2.65. The van der Waals surface area contributed by atoms with Crippen LogP contribution in [0.5, 0.6) is 0 Å². The molecule has 0 aromatic carbocycles. The third-order valence-corrected chi connectivity index (χ3v) is 4.16. The molecule has 1 aliphatic rings. The van der Waals surface area contributed by atoms with Crippen LogP contribution in [0.1, 0.15) is 23.5 Å². The van der Waals surface area contributed by atoms with Gasteiger partial charge in [0, 0.05) is 29.5 Å². The number of aryl methyl sites for hydroxylation is 1. The standard InChI is InChI=1S/C11H18N2OS/c1-9-7-15-10(13-9)6-11(8-14)2-4-12-5-3-11/h7,12,14H,2-6,8H2,1H3. The van der Waals surface area contributed by atoms with E-state index >= 15 is 0 Å². The Bertz CT molecular complexity index is 318. The third kappa shape index (κ3) is 2.56. The SMILES string of the molecule is Cc1csc(CC2(CO)CCNCC2)n1. The molecular weight excluding hydrogens is 208 g/mol. The molecule has 3 nitrogen and oxygen atoms in total. The lowest BCUT2D eigenvalue weighted by Crippen LogP contribution is -2.40. The molecule has 1 aromatic heterocycles. The molecule has 0 bridgehead atoms. The van der Waals surface area contributed by atoms with E-state index in [-0.39, 0.29) is 12.0 Å². The van der Waals surface area contributed by atoms with Crippen molar-refractivity contribution in [1.82, 2.24) is 10.3 Å². The lowest BCUT2D eigenvalue weighted by Gasteiger charge is -2.35. The first-order valence-corrected chi connectivity index (χ1v) is 6.35. The number of thiazole rings is 1. The molecule has 15 heavy (non-hydrogen) atoms. The Balaban J connectivity index is 2.06. The van der Waals surface area contributed by atoms with E-state index in [1.54, 1.807) is 11.3 Å². The number of aliphatic hydroxyl groups excluding tert-OH is 1. The van der Waals surface area contributed by atoms with Gasteiger partial charge in [-0.1, -0.05) is 0 Å². The van der Waals surface area contributed by atoms with Crippen molar-refractivity contribution < 1.29 is 5.11 Å². The van der Waals surface area contributed by atoms with Crippen LogP contribution in [-0.4, -0.2) is 29.8 Å². The Morgan fingerprint density at radius 3 is 2.80 bits per heavy atom. The van der Waals surface area contributed by atoms with Gasteiger partial charge in [0.05, 0.1) is 5.01 Å². The predicted molar refractivity (Wildman–Crippen MR) is 62.2 cm³/mol. The molecule has 84 valence electrons. The van der Waals surface area contributed by atoms with E-state index in [9.17, 15) is 5.11 Å². The summed E-state index contributed by atoms with van der Waals surface area (Å²) in [5.74, 6) is 0. The van der Waals surface area contributed by atoms with Crippen molar-refractivity contribution >= 4 is 11.3 Å². The van der Waals surface area contributed by atoms with E-state index in [2.05, 4.69) is 15.7 Å². The molecule has 4 heteroatoms. The highest BCUT2D eigenvalue weighted by atomic mass is 32.1. The average molecular weight is 226 g/mol. The molecule has 0 amide bonds. The van der Waals surface area contributed by atoms with Gasteiger partial charge in [-0.15, -0.1) is 11.3 Å². The predicted octanol–water partition coefficient (Wildman–Crippen LogP) is 1.36. The molecule has 0 spiro atoms. The maximum absolute atomic E-state index is 9.56. The number of nitrogens with zero attached hydrogens (tertiary/aromatic N) is 1. The van der Waals surface area contributed by atoms with Gasteiger partial charge >= 0.3 is 0 Å². The Morgan fingerprint density at radius 2 is 2.27 bits per heavy atom. The van der Waals surface area contributed by atoms with Crippen LogP contribution in [-0.2, 0) is 6.42 Å². The summed E-state index contributed by atoms with van der Waals surface area (Å²) in [6.07, 6.45) is 3.05. The lowest BCUT2D eigenvalue weighted by atomic mass is 9.77. The van der Waals surface area contributed by atoms with Crippen LogP contribution in [0.15, 0.2) is 5.38 Å². The van der Waals surface area contributed by atoms with Crippen molar-refractivity contribution in [2.24, 2.45) is 5.41 Å². The molecule has 0 unspecified atom stereocenters. The summed E-state index contributed by atoms with van der Waals surface area (Å²) in [5, 5.41) is 16.2. The molecular formula is C11H18N2OS. The van der Waals surface area contributed by atoms with E-state index < -0.39 is 0 Å². The van der Waals surface area contributed by atoms with Gasteiger partial charge < -0.3 is 10.4 Å². The first-order valence-electron chi connectivity index (χ1n) is 5.47. The summed E-state index contributed by atoms with van der Waals surface area (Å²) >= 11 is 1.71. The highest BCUT2D eigenvalue weighted by Crippen LogP contribution is 2.33. The summed E-state index contributed by atoms with van der Waals surface area (Å²) < 4.78 is 0. The van der Waals surface area contributed by atoms with Crippen LogP contribution < -0.4 is 5.32 Å². The fraction of sp³-hybridized carbons (Fsp3) is 0.727. The van der Waals surface area contributed by atoms with Gasteiger partial charge in [0.25, 0.3) is 0 Å². The monoisotopic (exact) mass is 226 g/mol. The van der Waals surface area contributed by atoms with E-state index in [1.807, 2.05) is 6.92 Å². The van der Waals surface area contributed by atoms with Gasteiger partial charge in [0.15, 0.2) is 0 Å². The van der Waals surface area contributed by atoms with Crippen molar-refractivity contribution in [3.05, 3.63) is 16.1 Å². The Labute approximate surface area is 94.5 Å². The van der Waals surface area contributed by atoms with E-state index in [0.29, 0.717) is 0 Å². The van der Waals surface area contributed by atoms with Crippen molar-refractivity contribution in [2.75, 3.05) is 19.7 Å².